The third-order valence-corrected chi connectivity index (χ3v) is 6.18. The van der Waals surface area contributed by atoms with E-state index in [0.29, 0.717) is 17.7 Å². The van der Waals surface area contributed by atoms with Gasteiger partial charge in [-0.3, -0.25) is 0 Å². The Kier molecular flexibility index (Phi) is 6.90. The van der Waals surface area contributed by atoms with Crippen LogP contribution in [0.1, 0.15) is 38.2 Å². The number of carbonyl (C=O) groups is 1. The smallest absolute Gasteiger partial charge is 0.347 e. The molecule has 0 amide bonds. The minimum absolute atomic E-state index is 0. The van der Waals surface area contributed by atoms with Crippen molar-refractivity contribution < 1.29 is 22.7 Å². The summed E-state index contributed by atoms with van der Waals surface area (Å²) in [7, 11) is -3.61. The Bertz CT molecular complexity index is 748. The van der Waals surface area contributed by atoms with Gasteiger partial charge < -0.3 is 15.2 Å². The third kappa shape index (κ3) is 4.68. The van der Waals surface area contributed by atoms with Crippen LogP contribution in [-0.2, 0) is 26.0 Å². The number of benzene rings is 1. The first-order valence-electron chi connectivity index (χ1n) is 8.63. The zero-order valence-corrected chi connectivity index (χ0v) is 16.3. The molecule has 2 aliphatic rings. The monoisotopic (exact) mass is 404 g/mol. The van der Waals surface area contributed by atoms with E-state index in [0.717, 1.165) is 25.7 Å². The van der Waals surface area contributed by atoms with E-state index < -0.39 is 22.1 Å². The second kappa shape index (κ2) is 8.56. The van der Waals surface area contributed by atoms with Crippen molar-refractivity contribution in [2.75, 3.05) is 6.61 Å². The van der Waals surface area contributed by atoms with Gasteiger partial charge in [0.15, 0.2) is 6.10 Å². The Labute approximate surface area is 160 Å². The van der Waals surface area contributed by atoms with Crippen LogP contribution in [0.2, 0.25) is 0 Å². The zero-order chi connectivity index (χ0) is 18.0. The molecule has 1 aliphatic heterocycles. The Balaban J connectivity index is 0.00000243. The SMILES string of the molecule is CCOC(=O)C1Cc2cc(S(=O)(=O)NC3CCC(N)CC3)ccc2O1.Cl. The van der Waals surface area contributed by atoms with Crippen molar-refractivity contribution in [3.63, 3.8) is 0 Å². The van der Waals surface area contributed by atoms with Crippen molar-refractivity contribution in [1.82, 2.24) is 4.72 Å². The van der Waals surface area contributed by atoms with Gasteiger partial charge in [-0.15, -0.1) is 12.4 Å². The molecule has 3 rings (SSSR count). The summed E-state index contributed by atoms with van der Waals surface area (Å²) in [6, 6.07) is 4.76. The highest BCUT2D eigenvalue weighted by atomic mass is 35.5. The molecule has 0 aromatic heterocycles. The van der Waals surface area contributed by atoms with Gasteiger partial charge in [-0.2, -0.15) is 0 Å². The predicted molar refractivity (Wildman–Crippen MR) is 99.0 cm³/mol. The van der Waals surface area contributed by atoms with E-state index in [1.54, 1.807) is 19.1 Å². The average Bonchev–Trinajstić information content (AvgIpc) is 3.00. The number of nitrogens with one attached hydrogen (secondary N) is 1. The van der Waals surface area contributed by atoms with Crippen molar-refractivity contribution in [2.45, 2.75) is 62.1 Å². The number of hydrogen-bond donors (Lipinski definition) is 2. The molecule has 0 saturated heterocycles. The van der Waals surface area contributed by atoms with E-state index >= 15 is 0 Å². The summed E-state index contributed by atoms with van der Waals surface area (Å²) in [5, 5.41) is 0. The van der Waals surface area contributed by atoms with Crippen LogP contribution in [0.3, 0.4) is 0 Å². The highest BCUT2D eigenvalue weighted by Crippen LogP contribution is 2.31. The number of carbonyl (C=O) groups excluding carboxylic acids is 1. The van der Waals surface area contributed by atoms with Gasteiger partial charge in [0.1, 0.15) is 5.75 Å². The van der Waals surface area contributed by atoms with Crippen LogP contribution in [0, 0.1) is 0 Å². The van der Waals surface area contributed by atoms with E-state index in [2.05, 4.69) is 4.72 Å². The molecule has 0 bridgehead atoms. The summed E-state index contributed by atoms with van der Waals surface area (Å²) < 4.78 is 38.5. The molecule has 26 heavy (non-hydrogen) atoms. The average molecular weight is 405 g/mol. The lowest BCUT2D eigenvalue weighted by Gasteiger charge is -2.26. The molecule has 9 heteroatoms. The van der Waals surface area contributed by atoms with Crippen LogP contribution < -0.4 is 15.2 Å². The van der Waals surface area contributed by atoms with Gasteiger partial charge in [0.25, 0.3) is 0 Å². The lowest BCUT2D eigenvalue weighted by molar-refractivity contribution is -0.150. The van der Waals surface area contributed by atoms with E-state index in [1.807, 2.05) is 0 Å². The maximum Gasteiger partial charge on any atom is 0.347 e. The zero-order valence-electron chi connectivity index (χ0n) is 14.6. The van der Waals surface area contributed by atoms with Gasteiger partial charge >= 0.3 is 5.97 Å². The molecule has 1 aromatic carbocycles. The summed E-state index contributed by atoms with van der Waals surface area (Å²) >= 11 is 0. The standard InChI is InChI=1S/C17H24N2O5S.ClH/c1-2-23-17(20)16-10-11-9-14(7-8-15(11)24-16)25(21,22)19-13-5-3-12(18)4-6-13;/h7-9,12-13,16,19H,2-6,10,18H2,1H3;1H. The van der Waals surface area contributed by atoms with Crippen LogP contribution >= 0.6 is 12.4 Å². The van der Waals surface area contributed by atoms with Gasteiger partial charge in [0.05, 0.1) is 11.5 Å². The molecule has 146 valence electrons. The fourth-order valence-corrected chi connectivity index (χ4v) is 4.64. The van der Waals surface area contributed by atoms with Crippen molar-refractivity contribution >= 4 is 28.4 Å². The van der Waals surface area contributed by atoms with Gasteiger partial charge in [-0.05, 0) is 56.4 Å². The number of sulfonamides is 1. The third-order valence-electron chi connectivity index (χ3n) is 4.66. The molecule has 0 radical (unpaired) electrons. The summed E-state index contributed by atoms with van der Waals surface area (Å²) in [5.41, 5.74) is 6.56. The first-order chi connectivity index (χ1) is 11.9. The van der Waals surface area contributed by atoms with Crippen LogP contribution in [0.25, 0.3) is 0 Å². The first kappa shape index (κ1) is 21.0. The fraction of sp³-hybridized carbons (Fsp3) is 0.588. The molecule has 7 nitrogen and oxygen atoms in total. The Morgan fingerprint density at radius 1 is 1.31 bits per heavy atom. The second-order valence-electron chi connectivity index (χ2n) is 6.57. The summed E-state index contributed by atoms with van der Waals surface area (Å²) in [4.78, 5) is 12.0. The van der Waals surface area contributed by atoms with Crippen molar-refractivity contribution in [3.8, 4) is 5.75 Å². The molecule has 1 unspecified atom stereocenters. The van der Waals surface area contributed by atoms with E-state index in [1.165, 1.54) is 6.07 Å². The summed E-state index contributed by atoms with van der Waals surface area (Å²) in [6.45, 7) is 2.01. The maximum absolute atomic E-state index is 12.6. The first-order valence-corrected chi connectivity index (χ1v) is 10.1. The highest BCUT2D eigenvalue weighted by Gasteiger charge is 2.32. The van der Waals surface area contributed by atoms with Gasteiger partial charge in [-0.25, -0.2) is 17.9 Å². The van der Waals surface area contributed by atoms with Gasteiger partial charge in [0, 0.05) is 18.5 Å². The van der Waals surface area contributed by atoms with Crippen molar-refractivity contribution in [2.24, 2.45) is 5.73 Å². The molecular weight excluding hydrogens is 380 g/mol. The number of ether oxygens (including phenoxy) is 2. The fourth-order valence-electron chi connectivity index (χ4n) is 3.28. The van der Waals surface area contributed by atoms with Gasteiger partial charge in [-0.1, -0.05) is 0 Å². The molecule has 1 saturated carbocycles. The lowest BCUT2D eigenvalue weighted by atomic mass is 9.93. The topological polar surface area (TPSA) is 108 Å². The second-order valence-corrected chi connectivity index (χ2v) is 8.28. The van der Waals surface area contributed by atoms with Gasteiger partial charge in [0.2, 0.25) is 10.0 Å². The number of fused-ring (bicyclic) bond motifs is 1. The molecule has 0 spiro atoms. The van der Waals surface area contributed by atoms with Crippen LogP contribution in [0.5, 0.6) is 5.75 Å². The molecule has 3 N–H and O–H groups in total. The molecule has 1 aromatic rings. The Morgan fingerprint density at radius 2 is 2.00 bits per heavy atom. The molecule has 1 aliphatic carbocycles. The highest BCUT2D eigenvalue weighted by molar-refractivity contribution is 7.89. The molecule has 1 heterocycles. The van der Waals surface area contributed by atoms with Crippen molar-refractivity contribution in [1.29, 1.82) is 0 Å². The summed E-state index contributed by atoms with van der Waals surface area (Å²) in [6.07, 6.45) is 2.76. The van der Waals surface area contributed by atoms with E-state index in [4.69, 9.17) is 15.2 Å². The van der Waals surface area contributed by atoms with E-state index in [9.17, 15) is 13.2 Å². The van der Waals surface area contributed by atoms with Crippen molar-refractivity contribution in [3.05, 3.63) is 23.8 Å². The number of rotatable bonds is 5. The minimum Gasteiger partial charge on any atom is -0.478 e. The number of hydrogen-bond acceptors (Lipinski definition) is 6. The normalized spacial score (nSPS) is 24.9. The number of esters is 1. The molecular formula is C17H25ClN2O5S. The maximum atomic E-state index is 12.6. The number of nitrogens with two attached hydrogens (primary N) is 1. The predicted octanol–water partition coefficient (Wildman–Crippen LogP) is 1.52. The van der Waals surface area contributed by atoms with Crippen LogP contribution in [0.15, 0.2) is 23.1 Å². The largest absolute Gasteiger partial charge is 0.478 e. The minimum atomic E-state index is -3.61. The Morgan fingerprint density at radius 3 is 2.65 bits per heavy atom. The van der Waals surface area contributed by atoms with E-state index in [-0.39, 0.29) is 36.0 Å². The van der Waals surface area contributed by atoms with Crippen LogP contribution in [0.4, 0.5) is 0 Å². The number of halogens is 1. The summed E-state index contributed by atoms with van der Waals surface area (Å²) in [5.74, 6) is 0.0976. The van der Waals surface area contributed by atoms with Crippen LogP contribution in [-0.4, -0.2) is 39.2 Å². The Hall–Kier alpha value is -1.35. The lowest BCUT2D eigenvalue weighted by Crippen LogP contribution is -2.40. The molecule has 1 fully saturated rings. The molecule has 1 atom stereocenters. The quantitative estimate of drug-likeness (QED) is 0.720.